The van der Waals surface area contributed by atoms with Gasteiger partial charge in [-0.05, 0) is 47.4 Å². The molecular formula is C26H35N3O4S. The van der Waals surface area contributed by atoms with Crippen LogP contribution in [-0.4, -0.2) is 52.5 Å². The first kappa shape index (κ1) is 25.9. The zero-order valence-corrected chi connectivity index (χ0v) is 21.5. The number of carbonyl (C=O) groups excluding carboxylic acids is 3. The summed E-state index contributed by atoms with van der Waals surface area (Å²) in [6, 6.07) is 8.33. The van der Waals surface area contributed by atoms with Crippen LogP contribution < -0.4 is 10.6 Å². The number of nitrogens with one attached hydrogen (secondary N) is 2. The number of amides is 3. The predicted molar refractivity (Wildman–Crippen MR) is 134 cm³/mol. The standard InChI is InChI=1S/C26H35N3O4S/c1-15-11-12-34-22(15)19-9-7-18(8-10-19)16(2)27-24(32)21-13-20(31)14-29(21)25(33)23(26(4,5)6)28-17(3)30/h7-12,16,20-21,23,31H,13-14H2,1-6H3,(H,27,32)(H,28,30)/t16-,20+,21-,23+/m1/s1. The molecule has 0 aliphatic carbocycles. The number of thiophene rings is 1. The summed E-state index contributed by atoms with van der Waals surface area (Å²) in [6.07, 6.45) is -0.626. The van der Waals surface area contributed by atoms with Crippen LogP contribution in [0.4, 0.5) is 0 Å². The molecule has 0 saturated carbocycles. The van der Waals surface area contributed by atoms with E-state index in [-0.39, 0.29) is 36.7 Å². The van der Waals surface area contributed by atoms with Crippen LogP contribution in [0.2, 0.25) is 0 Å². The van der Waals surface area contributed by atoms with Crippen molar-refractivity contribution < 1.29 is 19.5 Å². The Morgan fingerprint density at radius 1 is 1.12 bits per heavy atom. The maximum absolute atomic E-state index is 13.3. The first-order valence-electron chi connectivity index (χ1n) is 11.6. The van der Waals surface area contributed by atoms with Crippen molar-refractivity contribution in [3.8, 4) is 10.4 Å². The van der Waals surface area contributed by atoms with E-state index >= 15 is 0 Å². The van der Waals surface area contributed by atoms with Crippen molar-refractivity contribution in [3.63, 3.8) is 0 Å². The zero-order valence-electron chi connectivity index (χ0n) is 20.7. The lowest BCUT2D eigenvalue weighted by Gasteiger charge is -2.35. The third-order valence-corrected chi connectivity index (χ3v) is 7.28. The third kappa shape index (κ3) is 5.85. The van der Waals surface area contributed by atoms with Gasteiger partial charge in [0.1, 0.15) is 12.1 Å². The van der Waals surface area contributed by atoms with Crippen LogP contribution in [0.5, 0.6) is 0 Å². The van der Waals surface area contributed by atoms with Gasteiger partial charge < -0.3 is 20.6 Å². The largest absolute Gasteiger partial charge is 0.391 e. The normalized spacial score (nSPS) is 20.0. The molecule has 7 nitrogen and oxygen atoms in total. The van der Waals surface area contributed by atoms with Crippen molar-refractivity contribution in [1.82, 2.24) is 15.5 Å². The lowest BCUT2D eigenvalue weighted by Crippen LogP contribution is -2.57. The number of carbonyl (C=O) groups is 3. The molecule has 0 unspecified atom stereocenters. The molecule has 1 aliphatic rings. The highest BCUT2D eigenvalue weighted by molar-refractivity contribution is 7.13. The summed E-state index contributed by atoms with van der Waals surface area (Å²) in [5.41, 5.74) is 2.77. The fourth-order valence-electron chi connectivity index (χ4n) is 4.31. The monoisotopic (exact) mass is 485 g/mol. The molecule has 0 radical (unpaired) electrons. The van der Waals surface area contributed by atoms with Gasteiger partial charge in [0.15, 0.2) is 0 Å². The van der Waals surface area contributed by atoms with Crippen LogP contribution in [0.15, 0.2) is 35.7 Å². The van der Waals surface area contributed by atoms with Crippen LogP contribution >= 0.6 is 11.3 Å². The molecule has 3 amide bonds. The molecule has 1 aromatic heterocycles. The van der Waals surface area contributed by atoms with E-state index in [0.717, 1.165) is 11.1 Å². The Balaban J connectivity index is 1.72. The van der Waals surface area contributed by atoms with E-state index < -0.39 is 23.6 Å². The Kier molecular flexibility index (Phi) is 7.83. The number of aryl methyl sites for hydroxylation is 1. The predicted octanol–water partition coefficient (Wildman–Crippen LogP) is 3.41. The number of aliphatic hydroxyl groups is 1. The van der Waals surface area contributed by atoms with Crippen LogP contribution in [0.1, 0.15) is 58.2 Å². The molecule has 1 aromatic carbocycles. The van der Waals surface area contributed by atoms with Gasteiger partial charge >= 0.3 is 0 Å². The number of β-amino-alcohol motifs (C(OH)–C–C–N with tert-alkyl or cyclic N) is 1. The maximum atomic E-state index is 13.3. The van der Waals surface area contributed by atoms with Gasteiger partial charge in [-0.15, -0.1) is 11.3 Å². The topological polar surface area (TPSA) is 98.7 Å². The summed E-state index contributed by atoms with van der Waals surface area (Å²) in [5.74, 6) is -0.988. The van der Waals surface area contributed by atoms with Crippen molar-refractivity contribution >= 4 is 29.1 Å². The summed E-state index contributed by atoms with van der Waals surface area (Å²) >= 11 is 1.70. The summed E-state index contributed by atoms with van der Waals surface area (Å²) in [5, 5.41) is 18.1. The summed E-state index contributed by atoms with van der Waals surface area (Å²) in [7, 11) is 0. The average Bonchev–Trinajstić information content (AvgIpc) is 3.36. The Hall–Kier alpha value is -2.71. The Bertz CT molecular complexity index is 1040. The number of rotatable bonds is 6. The molecule has 4 atom stereocenters. The SMILES string of the molecule is CC(=O)N[C@@H](C(=O)N1C[C@@H](O)C[C@@H]1C(=O)N[C@H](C)c1ccc(-c2sccc2C)cc1)C(C)(C)C. The van der Waals surface area contributed by atoms with Gasteiger partial charge in [0.25, 0.3) is 0 Å². The van der Waals surface area contributed by atoms with E-state index in [1.165, 1.54) is 22.3 Å². The molecule has 0 bridgehead atoms. The molecule has 8 heteroatoms. The first-order chi connectivity index (χ1) is 15.9. The molecule has 34 heavy (non-hydrogen) atoms. The van der Waals surface area contributed by atoms with E-state index in [4.69, 9.17) is 0 Å². The third-order valence-electron chi connectivity index (χ3n) is 6.22. The highest BCUT2D eigenvalue weighted by Gasteiger charge is 2.44. The van der Waals surface area contributed by atoms with E-state index in [1.807, 2.05) is 52.0 Å². The minimum Gasteiger partial charge on any atom is -0.391 e. The number of likely N-dealkylation sites (tertiary alicyclic amines) is 1. The van der Waals surface area contributed by atoms with Crippen molar-refractivity contribution in [1.29, 1.82) is 0 Å². The summed E-state index contributed by atoms with van der Waals surface area (Å²) < 4.78 is 0. The van der Waals surface area contributed by atoms with Crippen molar-refractivity contribution in [2.45, 2.75) is 72.2 Å². The molecule has 1 aliphatic heterocycles. The van der Waals surface area contributed by atoms with Gasteiger partial charge in [-0.2, -0.15) is 0 Å². The minimum atomic E-state index is -0.795. The lowest BCUT2D eigenvalue weighted by atomic mass is 9.85. The van der Waals surface area contributed by atoms with Crippen molar-refractivity contribution in [2.24, 2.45) is 5.41 Å². The summed E-state index contributed by atoms with van der Waals surface area (Å²) in [6.45, 7) is 11.0. The molecule has 3 rings (SSSR count). The smallest absolute Gasteiger partial charge is 0.246 e. The van der Waals surface area contributed by atoms with E-state index in [2.05, 4.69) is 29.0 Å². The molecule has 2 heterocycles. The van der Waals surface area contributed by atoms with Crippen LogP contribution in [0.25, 0.3) is 10.4 Å². The quantitative estimate of drug-likeness (QED) is 0.584. The van der Waals surface area contributed by atoms with Crippen molar-refractivity contribution in [2.75, 3.05) is 6.54 Å². The number of hydrogen-bond acceptors (Lipinski definition) is 5. The average molecular weight is 486 g/mol. The highest BCUT2D eigenvalue weighted by atomic mass is 32.1. The van der Waals surface area contributed by atoms with Crippen molar-refractivity contribution in [3.05, 3.63) is 46.8 Å². The van der Waals surface area contributed by atoms with Crippen LogP contribution in [0.3, 0.4) is 0 Å². The fourth-order valence-corrected chi connectivity index (χ4v) is 5.24. The van der Waals surface area contributed by atoms with E-state index in [9.17, 15) is 19.5 Å². The number of hydrogen-bond donors (Lipinski definition) is 3. The van der Waals surface area contributed by atoms with Gasteiger partial charge in [0.2, 0.25) is 17.7 Å². The molecule has 1 fully saturated rings. The molecular weight excluding hydrogens is 450 g/mol. The number of benzene rings is 1. The Morgan fingerprint density at radius 3 is 2.29 bits per heavy atom. The van der Waals surface area contributed by atoms with Gasteiger partial charge in [-0.3, -0.25) is 14.4 Å². The van der Waals surface area contributed by atoms with Gasteiger partial charge in [-0.1, -0.05) is 45.0 Å². The second kappa shape index (κ2) is 10.3. The Morgan fingerprint density at radius 2 is 1.76 bits per heavy atom. The van der Waals surface area contributed by atoms with Crippen LogP contribution in [-0.2, 0) is 14.4 Å². The number of aliphatic hydroxyl groups excluding tert-OH is 1. The van der Waals surface area contributed by atoms with E-state index in [1.54, 1.807) is 11.3 Å². The van der Waals surface area contributed by atoms with E-state index in [0.29, 0.717) is 0 Å². The van der Waals surface area contributed by atoms with Gasteiger partial charge in [0.05, 0.1) is 12.1 Å². The number of nitrogens with zero attached hydrogens (tertiary/aromatic N) is 1. The second-order valence-electron chi connectivity index (χ2n) is 10.2. The molecule has 0 spiro atoms. The molecule has 2 aromatic rings. The zero-order chi connectivity index (χ0) is 25.2. The highest BCUT2D eigenvalue weighted by Crippen LogP contribution is 2.30. The molecule has 184 valence electrons. The Labute approximate surface area is 205 Å². The fraction of sp³-hybridized carbons (Fsp3) is 0.500. The van der Waals surface area contributed by atoms with Gasteiger partial charge in [-0.25, -0.2) is 0 Å². The maximum Gasteiger partial charge on any atom is 0.246 e. The lowest BCUT2D eigenvalue weighted by molar-refractivity contribution is -0.144. The second-order valence-corrected chi connectivity index (χ2v) is 11.1. The molecule has 3 N–H and O–H groups in total. The van der Waals surface area contributed by atoms with Crippen LogP contribution in [0, 0.1) is 12.3 Å². The summed E-state index contributed by atoms with van der Waals surface area (Å²) in [4.78, 5) is 40.9. The van der Waals surface area contributed by atoms with Gasteiger partial charge in [0, 0.05) is 24.8 Å². The molecule has 1 saturated heterocycles. The first-order valence-corrected chi connectivity index (χ1v) is 12.5. The minimum absolute atomic E-state index is 0.0618.